The molecule has 0 aliphatic heterocycles. The van der Waals surface area contributed by atoms with Crippen LogP contribution in [-0.2, 0) is 20.0 Å². The van der Waals surface area contributed by atoms with E-state index in [1.165, 1.54) is 52.8 Å². The number of halogens is 1. The number of sulfonamides is 2. The van der Waals surface area contributed by atoms with Crippen LogP contribution < -0.4 is 4.72 Å². The third kappa shape index (κ3) is 5.52. The van der Waals surface area contributed by atoms with Gasteiger partial charge in [-0.05, 0) is 61.7 Å². The predicted octanol–water partition coefficient (Wildman–Crippen LogP) is 4.21. The summed E-state index contributed by atoms with van der Waals surface area (Å²) in [5, 5.41) is 0. The summed E-state index contributed by atoms with van der Waals surface area (Å²) in [6.45, 7) is 3.86. The highest BCUT2D eigenvalue weighted by molar-refractivity contribution is 7.89. The molecule has 31 heavy (non-hydrogen) atoms. The molecule has 6 nitrogen and oxygen atoms in total. The van der Waals surface area contributed by atoms with Crippen molar-refractivity contribution in [2.45, 2.75) is 67.8 Å². The first-order valence-corrected chi connectivity index (χ1v) is 13.5. The van der Waals surface area contributed by atoms with Crippen molar-refractivity contribution in [3.05, 3.63) is 59.9 Å². The van der Waals surface area contributed by atoms with Crippen LogP contribution in [-0.4, -0.2) is 33.7 Å². The van der Waals surface area contributed by atoms with Crippen molar-refractivity contribution in [2.75, 3.05) is 6.54 Å². The molecule has 1 aliphatic carbocycles. The van der Waals surface area contributed by atoms with Crippen molar-refractivity contribution in [1.29, 1.82) is 0 Å². The fraction of sp³-hybridized carbons (Fsp3) is 0.455. The topological polar surface area (TPSA) is 83.6 Å². The summed E-state index contributed by atoms with van der Waals surface area (Å²) in [6.07, 6.45) is 4.87. The Morgan fingerprint density at radius 2 is 1.48 bits per heavy atom. The standard InChI is InChI=1S/C22H29FN2O4S2/c1-3-25(20-7-5-4-6-8-20)31(28,29)22-15-13-21(14-16-22)30(26,27)24-17(2)18-9-11-19(23)12-10-18/h9-17,20,24H,3-8H2,1-2H3. The minimum absolute atomic E-state index is 0.00890. The normalized spacial score (nSPS) is 17.0. The quantitative estimate of drug-likeness (QED) is 0.629. The van der Waals surface area contributed by atoms with Crippen LogP contribution in [0.3, 0.4) is 0 Å². The lowest BCUT2D eigenvalue weighted by molar-refractivity contribution is 0.261. The minimum atomic E-state index is -3.88. The molecule has 1 aliphatic rings. The average molecular weight is 469 g/mol. The zero-order valence-corrected chi connectivity index (χ0v) is 19.4. The Bertz CT molecular complexity index is 1080. The van der Waals surface area contributed by atoms with Gasteiger partial charge >= 0.3 is 0 Å². The maximum absolute atomic E-state index is 13.1. The van der Waals surface area contributed by atoms with Crippen molar-refractivity contribution < 1.29 is 21.2 Å². The Kier molecular flexibility index (Phi) is 7.51. The number of nitrogens with one attached hydrogen (secondary N) is 1. The summed E-state index contributed by atoms with van der Waals surface area (Å²) in [5.41, 5.74) is 0.621. The van der Waals surface area contributed by atoms with Gasteiger partial charge in [-0.2, -0.15) is 4.31 Å². The van der Waals surface area contributed by atoms with Crippen molar-refractivity contribution in [1.82, 2.24) is 9.03 Å². The van der Waals surface area contributed by atoms with Gasteiger partial charge in [0.15, 0.2) is 0 Å². The van der Waals surface area contributed by atoms with E-state index in [9.17, 15) is 21.2 Å². The van der Waals surface area contributed by atoms with E-state index in [4.69, 9.17) is 0 Å². The van der Waals surface area contributed by atoms with Gasteiger partial charge < -0.3 is 0 Å². The molecule has 3 rings (SSSR count). The molecule has 1 unspecified atom stereocenters. The maximum Gasteiger partial charge on any atom is 0.243 e. The predicted molar refractivity (Wildman–Crippen MR) is 118 cm³/mol. The van der Waals surface area contributed by atoms with Crippen LogP contribution in [0.2, 0.25) is 0 Å². The molecule has 0 aromatic heterocycles. The number of nitrogens with zero attached hydrogens (tertiary/aromatic N) is 1. The molecule has 1 N–H and O–H groups in total. The monoisotopic (exact) mass is 468 g/mol. The van der Waals surface area contributed by atoms with Crippen LogP contribution in [0, 0.1) is 5.82 Å². The molecular weight excluding hydrogens is 439 g/mol. The first-order chi connectivity index (χ1) is 14.6. The van der Waals surface area contributed by atoms with Crippen LogP contribution in [0.4, 0.5) is 4.39 Å². The molecule has 0 radical (unpaired) electrons. The smallest absolute Gasteiger partial charge is 0.207 e. The first kappa shape index (κ1) is 23.8. The van der Waals surface area contributed by atoms with E-state index in [2.05, 4.69) is 4.72 Å². The summed E-state index contributed by atoms with van der Waals surface area (Å²) in [6, 6.07) is 10.3. The molecule has 0 heterocycles. The van der Waals surface area contributed by atoms with Gasteiger partial charge in [0.25, 0.3) is 0 Å². The Balaban J connectivity index is 1.78. The van der Waals surface area contributed by atoms with Gasteiger partial charge in [0, 0.05) is 18.6 Å². The van der Waals surface area contributed by atoms with Gasteiger partial charge in [0.1, 0.15) is 5.82 Å². The second-order valence-corrected chi connectivity index (χ2v) is 11.5. The van der Waals surface area contributed by atoms with E-state index in [1.54, 1.807) is 6.92 Å². The Hall–Kier alpha value is -1.81. The zero-order valence-electron chi connectivity index (χ0n) is 17.8. The molecule has 1 fully saturated rings. The van der Waals surface area contributed by atoms with Crippen LogP contribution >= 0.6 is 0 Å². The van der Waals surface area contributed by atoms with Gasteiger partial charge in [0.05, 0.1) is 9.79 Å². The molecule has 9 heteroatoms. The molecule has 170 valence electrons. The lowest BCUT2D eigenvalue weighted by Crippen LogP contribution is -2.41. The second kappa shape index (κ2) is 9.77. The molecule has 1 saturated carbocycles. The summed E-state index contributed by atoms with van der Waals surface area (Å²) in [7, 11) is -7.58. The van der Waals surface area contributed by atoms with Crippen LogP contribution in [0.25, 0.3) is 0 Å². The molecule has 2 aromatic rings. The zero-order chi connectivity index (χ0) is 22.6. The van der Waals surface area contributed by atoms with Crippen molar-refractivity contribution in [3.8, 4) is 0 Å². The van der Waals surface area contributed by atoms with Gasteiger partial charge in [-0.1, -0.05) is 38.3 Å². The van der Waals surface area contributed by atoms with Crippen molar-refractivity contribution >= 4 is 20.0 Å². The van der Waals surface area contributed by atoms with E-state index in [1.807, 2.05) is 6.92 Å². The molecule has 2 aromatic carbocycles. The SMILES string of the molecule is CCN(C1CCCCC1)S(=O)(=O)c1ccc(S(=O)(=O)NC(C)c2ccc(F)cc2)cc1. The van der Waals surface area contributed by atoms with E-state index >= 15 is 0 Å². The molecular formula is C22H29FN2O4S2. The van der Waals surface area contributed by atoms with Crippen molar-refractivity contribution in [3.63, 3.8) is 0 Å². The number of hydrogen-bond acceptors (Lipinski definition) is 4. The highest BCUT2D eigenvalue weighted by Gasteiger charge is 2.31. The molecule has 0 bridgehead atoms. The minimum Gasteiger partial charge on any atom is -0.207 e. The van der Waals surface area contributed by atoms with Gasteiger partial charge in [0.2, 0.25) is 20.0 Å². The van der Waals surface area contributed by atoms with Crippen LogP contribution in [0.1, 0.15) is 57.6 Å². The Morgan fingerprint density at radius 1 is 0.935 bits per heavy atom. The highest BCUT2D eigenvalue weighted by Crippen LogP contribution is 2.28. The van der Waals surface area contributed by atoms with Crippen LogP contribution in [0.5, 0.6) is 0 Å². The lowest BCUT2D eigenvalue weighted by atomic mass is 9.95. The van der Waals surface area contributed by atoms with Gasteiger partial charge in [-0.15, -0.1) is 0 Å². The van der Waals surface area contributed by atoms with E-state index in [0.29, 0.717) is 12.1 Å². The third-order valence-corrected chi connectivity index (χ3v) is 9.33. The Labute approximate surface area is 184 Å². The van der Waals surface area contributed by atoms with E-state index in [0.717, 1.165) is 32.1 Å². The van der Waals surface area contributed by atoms with Crippen molar-refractivity contribution in [2.24, 2.45) is 0 Å². The largest absolute Gasteiger partial charge is 0.243 e. The molecule has 1 atom stereocenters. The van der Waals surface area contributed by atoms with E-state index < -0.39 is 31.9 Å². The van der Waals surface area contributed by atoms with Gasteiger partial charge in [-0.25, -0.2) is 25.9 Å². The number of rotatable bonds is 8. The summed E-state index contributed by atoms with van der Waals surface area (Å²) in [4.78, 5) is 0.0617. The third-order valence-electron chi connectivity index (χ3n) is 5.74. The summed E-state index contributed by atoms with van der Waals surface area (Å²) in [5.74, 6) is -0.398. The fourth-order valence-electron chi connectivity index (χ4n) is 4.04. The van der Waals surface area contributed by atoms with Crippen LogP contribution in [0.15, 0.2) is 58.3 Å². The summed E-state index contributed by atoms with van der Waals surface area (Å²) >= 11 is 0. The molecule has 0 amide bonds. The maximum atomic E-state index is 13.1. The van der Waals surface area contributed by atoms with Gasteiger partial charge in [-0.3, -0.25) is 0 Å². The summed E-state index contributed by atoms with van der Waals surface area (Å²) < 4.78 is 68.9. The Morgan fingerprint density at radius 3 is 2.03 bits per heavy atom. The number of hydrogen-bond donors (Lipinski definition) is 1. The first-order valence-electron chi connectivity index (χ1n) is 10.5. The second-order valence-electron chi connectivity index (χ2n) is 7.87. The molecule has 0 spiro atoms. The lowest BCUT2D eigenvalue weighted by Gasteiger charge is -2.32. The average Bonchev–Trinajstić information content (AvgIpc) is 2.75. The fourth-order valence-corrected chi connectivity index (χ4v) is 6.97. The molecule has 0 saturated heterocycles. The highest BCUT2D eigenvalue weighted by atomic mass is 32.2. The van der Waals surface area contributed by atoms with E-state index in [-0.39, 0.29) is 15.8 Å². The number of benzene rings is 2.